The van der Waals surface area contributed by atoms with Crippen LogP contribution in [0.5, 0.6) is 0 Å². The van der Waals surface area contributed by atoms with Crippen LogP contribution in [-0.2, 0) is 9.84 Å². The second kappa shape index (κ2) is 5.89. The van der Waals surface area contributed by atoms with Crippen molar-refractivity contribution in [3.63, 3.8) is 0 Å². The summed E-state index contributed by atoms with van der Waals surface area (Å²) in [7, 11) is -3.27. The van der Waals surface area contributed by atoms with E-state index < -0.39 is 9.84 Å². The first kappa shape index (κ1) is 15.6. The van der Waals surface area contributed by atoms with Crippen molar-refractivity contribution < 1.29 is 12.9 Å². The molecule has 6 heteroatoms. The third kappa shape index (κ3) is 3.10. The Morgan fingerprint density at radius 1 is 1.29 bits per heavy atom. The molecule has 1 atom stereocenters. The van der Waals surface area contributed by atoms with Crippen molar-refractivity contribution in [2.24, 2.45) is 0 Å². The fraction of sp³-hybridized carbons (Fsp3) is 0.400. The fourth-order valence-electron chi connectivity index (χ4n) is 2.43. The molecule has 2 rings (SSSR count). The molecule has 0 radical (unpaired) electrons. The molecule has 0 spiro atoms. The van der Waals surface area contributed by atoms with Gasteiger partial charge in [-0.1, -0.05) is 24.2 Å². The van der Waals surface area contributed by atoms with Crippen LogP contribution in [-0.4, -0.2) is 19.3 Å². The summed E-state index contributed by atoms with van der Waals surface area (Å²) in [4.78, 5) is 0.325. The molecule has 21 heavy (non-hydrogen) atoms. The third-order valence-corrected chi connectivity index (χ3v) is 5.28. The number of sulfone groups is 1. The lowest BCUT2D eigenvalue weighted by molar-refractivity contribution is 0.392. The van der Waals surface area contributed by atoms with Gasteiger partial charge >= 0.3 is 0 Å². The number of nitrogens with zero attached hydrogens (tertiary/aromatic N) is 1. The highest BCUT2D eigenvalue weighted by Crippen LogP contribution is 2.29. The van der Waals surface area contributed by atoms with Gasteiger partial charge in [0.25, 0.3) is 0 Å². The zero-order valence-corrected chi connectivity index (χ0v) is 13.5. The normalized spacial score (nSPS) is 13.1. The number of anilines is 1. The predicted octanol–water partition coefficient (Wildman–Crippen LogP) is 3.26. The van der Waals surface area contributed by atoms with Gasteiger partial charge in [-0.2, -0.15) is 0 Å². The van der Waals surface area contributed by atoms with Crippen LogP contribution in [0.1, 0.15) is 36.9 Å². The molecule has 2 aromatic rings. The molecule has 0 saturated carbocycles. The second-order valence-corrected chi connectivity index (χ2v) is 7.25. The summed E-state index contributed by atoms with van der Waals surface area (Å²) in [5, 5.41) is 7.19. The number of rotatable bonds is 5. The van der Waals surface area contributed by atoms with Gasteiger partial charge in [-0.3, -0.25) is 0 Å². The van der Waals surface area contributed by atoms with Crippen molar-refractivity contribution in [1.29, 1.82) is 0 Å². The zero-order valence-electron chi connectivity index (χ0n) is 12.7. The Morgan fingerprint density at radius 3 is 2.52 bits per heavy atom. The van der Waals surface area contributed by atoms with Gasteiger partial charge in [0.05, 0.1) is 28.1 Å². The SMILES string of the molecule is CCS(=O)(=O)c1ccccc1NC(C)c1c(C)noc1C. The van der Waals surface area contributed by atoms with Crippen LogP contribution >= 0.6 is 0 Å². The van der Waals surface area contributed by atoms with E-state index in [4.69, 9.17) is 4.52 Å². The molecule has 0 amide bonds. The Bertz CT molecular complexity index is 716. The Balaban J connectivity index is 2.37. The van der Waals surface area contributed by atoms with E-state index in [1.807, 2.05) is 26.8 Å². The van der Waals surface area contributed by atoms with Crippen molar-refractivity contribution >= 4 is 15.5 Å². The van der Waals surface area contributed by atoms with Crippen LogP contribution in [0.25, 0.3) is 0 Å². The third-order valence-electron chi connectivity index (χ3n) is 3.50. The first-order valence-electron chi connectivity index (χ1n) is 6.88. The Hall–Kier alpha value is -1.82. The Labute approximate surface area is 125 Å². The minimum atomic E-state index is -3.27. The molecular formula is C15H20N2O3S. The molecule has 1 heterocycles. The minimum absolute atomic E-state index is 0.0748. The smallest absolute Gasteiger partial charge is 0.180 e. The molecular weight excluding hydrogens is 288 g/mol. The van der Waals surface area contributed by atoms with Crippen LogP contribution in [0.4, 0.5) is 5.69 Å². The maximum absolute atomic E-state index is 12.2. The number of benzene rings is 1. The highest BCUT2D eigenvalue weighted by molar-refractivity contribution is 7.91. The molecule has 5 nitrogen and oxygen atoms in total. The van der Waals surface area contributed by atoms with Gasteiger partial charge in [0.1, 0.15) is 5.76 Å². The molecule has 114 valence electrons. The van der Waals surface area contributed by atoms with Crippen molar-refractivity contribution in [1.82, 2.24) is 5.16 Å². The van der Waals surface area contributed by atoms with Gasteiger partial charge in [0, 0.05) is 5.56 Å². The molecule has 0 aliphatic carbocycles. The minimum Gasteiger partial charge on any atom is -0.377 e. The Morgan fingerprint density at radius 2 is 1.95 bits per heavy atom. The van der Waals surface area contributed by atoms with Gasteiger partial charge in [-0.15, -0.1) is 0 Å². The van der Waals surface area contributed by atoms with Gasteiger partial charge in [0.2, 0.25) is 0 Å². The molecule has 0 aliphatic rings. The van der Waals surface area contributed by atoms with E-state index in [1.165, 1.54) is 0 Å². The monoisotopic (exact) mass is 308 g/mol. The van der Waals surface area contributed by atoms with Gasteiger partial charge in [-0.05, 0) is 32.9 Å². The van der Waals surface area contributed by atoms with E-state index in [0.29, 0.717) is 10.6 Å². The predicted molar refractivity (Wildman–Crippen MR) is 82.2 cm³/mol. The Kier molecular flexibility index (Phi) is 4.37. The topological polar surface area (TPSA) is 72.2 Å². The number of aromatic nitrogens is 1. The second-order valence-electron chi connectivity index (χ2n) is 5.00. The average molecular weight is 308 g/mol. The van der Waals surface area contributed by atoms with Gasteiger partial charge in [0.15, 0.2) is 9.84 Å². The number of hydrogen-bond acceptors (Lipinski definition) is 5. The van der Waals surface area contributed by atoms with E-state index in [-0.39, 0.29) is 11.8 Å². The van der Waals surface area contributed by atoms with E-state index in [2.05, 4.69) is 10.5 Å². The fourth-order valence-corrected chi connectivity index (χ4v) is 3.49. The first-order chi connectivity index (χ1) is 9.86. The van der Waals surface area contributed by atoms with E-state index in [0.717, 1.165) is 17.0 Å². The summed E-state index contributed by atoms with van der Waals surface area (Å²) in [5.74, 6) is 0.814. The molecule has 1 aromatic carbocycles. The van der Waals surface area contributed by atoms with Crippen molar-refractivity contribution in [2.75, 3.05) is 11.1 Å². The molecule has 1 aromatic heterocycles. The van der Waals surface area contributed by atoms with Crippen LogP contribution in [0, 0.1) is 13.8 Å². The van der Waals surface area contributed by atoms with Crippen molar-refractivity contribution in [3.05, 3.63) is 41.3 Å². The highest BCUT2D eigenvalue weighted by atomic mass is 32.2. The number of para-hydroxylation sites is 1. The van der Waals surface area contributed by atoms with Crippen LogP contribution in [0.3, 0.4) is 0 Å². The molecule has 0 saturated heterocycles. The van der Waals surface area contributed by atoms with Crippen molar-refractivity contribution in [3.8, 4) is 0 Å². The lowest BCUT2D eigenvalue weighted by Crippen LogP contribution is -2.13. The number of hydrogen-bond donors (Lipinski definition) is 1. The number of aryl methyl sites for hydroxylation is 2. The lowest BCUT2D eigenvalue weighted by Gasteiger charge is -2.18. The van der Waals surface area contributed by atoms with E-state index >= 15 is 0 Å². The van der Waals surface area contributed by atoms with E-state index in [1.54, 1.807) is 25.1 Å². The summed E-state index contributed by atoms with van der Waals surface area (Å²) in [6.45, 7) is 7.33. The molecule has 1 N–H and O–H groups in total. The first-order valence-corrected chi connectivity index (χ1v) is 8.53. The summed E-state index contributed by atoms with van der Waals surface area (Å²) in [6, 6.07) is 6.86. The van der Waals surface area contributed by atoms with Gasteiger partial charge in [-0.25, -0.2) is 8.42 Å². The molecule has 1 unspecified atom stereocenters. The maximum Gasteiger partial charge on any atom is 0.180 e. The quantitative estimate of drug-likeness (QED) is 0.918. The molecule has 0 fully saturated rings. The summed E-state index contributed by atoms with van der Waals surface area (Å²) in [6.07, 6.45) is 0. The molecule has 0 bridgehead atoms. The largest absolute Gasteiger partial charge is 0.377 e. The lowest BCUT2D eigenvalue weighted by atomic mass is 10.1. The van der Waals surface area contributed by atoms with Crippen LogP contribution in [0.15, 0.2) is 33.7 Å². The van der Waals surface area contributed by atoms with Crippen LogP contribution < -0.4 is 5.32 Å². The standard InChI is InChI=1S/C15H20N2O3S/c1-5-21(18,19)14-9-7-6-8-13(14)16-10(2)15-11(3)17-20-12(15)4/h6-10,16H,5H2,1-4H3. The van der Waals surface area contributed by atoms with Gasteiger partial charge < -0.3 is 9.84 Å². The molecule has 0 aliphatic heterocycles. The van der Waals surface area contributed by atoms with Crippen molar-refractivity contribution in [2.45, 2.75) is 38.6 Å². The number of nitrogens with one attached hydrogen (secondary N) is 1. The zero-order chi connectivity index (χ0) is 15.6. The summed E-state index contributed by atoms with van der Waals surface area (Å²) in [5.41, 5.74) is 2.37. The van der Waals surface area contributed by atoms with Crippen LogP contribution in [0.2, 0.25) is 0 Å². The summed E-state index contributed by atoms with van der Waals surface area (Å²) < 4.78 is 29.5. The summed E-state index contributed by atoms with van der Waals surface area (Å²) >= 11 is 0. The average Bonchev–Trinajstić information content (AvgIpc) is 2.78. The highest BCUT2D eigenvalue weighted by Gasteiger charge is 2.20. The van der Waals surface area contributed by atoms with E-state index in [9.17, 15) is 8.42 Å². The maximum atomic E-state index is 12.2.